The molecule has 3 heterocycles. The Labute approximate surface area is 241 Å². The maximum Gasteiger partial charge on any atom is 0.243 e. The average Bonchev–Trinajstić information content (AvgIpc) is 3.36. The van der Waals surface area contributed by atoms with Gasteiger partial charge in [0.25, 0.3) is 0 Å². The first-order valence-electron chi connectivity index (χ1n) is 12.8. The minimum atomic E-state index is -3.81. The number of rotatable bonds is 8. The molecule has 2 aliphatic heterocycles. The molecular formula is C26H30ClF3N4O4S2. The Morgan fingerprint density at radius 1 is 1.02 bits per heavy atom. The van der Waals surface area contributed by atoms with E-state index in [0.717, 1.165) is 49.2 Å². The normalized spacial score (nSPS) is 17.6. The number of halogens is 4. The molecule has 2 aromatic carbocycles. The van der Waals surface area contributed by atoms with Crippen molar-refractivity contribution in [1.82, 2.24) is 14.2 Å². The number of hydrogen-bond donors (Lipinski definition) is 0. The number of sulfonamides is 1. The Kier molecular flexibility index (Phi) is 10.1. The van der Waals surface area contributed by atoms with E-state index in [4.69, 9.17) is 4.74 Å². The average molecular weight is 619 g/mol. The summed E-state index contributed by atoms with van der Waals surface area (Å²) in [6.45, 7) is 4.29. The lowest BCUT2D eigenvalue weighted by Crippen LogP contribution is -2.45. The van der Waals surface area contributed by atoms with E-state index in [1.807, 2.05) is 0 Å². The topological polar surface area (TPSA) is 83.1 Å². The van der Waals surface area contributed by atoms with Gasteiger partial charge in [-0.15, -0.1) is 12.4 Å². The molecule has 0 N–H and O–H groups in total. The summed E-state index contributed by atoms with van der Waals surface area (Å²) in [6, 6.07) is 6.64. The van der Waals surface area contributed by atoms with Crippen molar-refractivity contribution < 1.29 is 31.1 Å². The Hall–Kier alpha value is -2.29. The largest absolute Gasteiger partial charge is 0.379 e. The molecule has 1 amide bonds. The van der Waals surface area contributed by atoms with E-state index >= 15 is 0 Å². The van der Waals surface area contributed by atoms with Crippen LogP contribution in [0.15, 0.2) is 41.3 Å². The quantitative estimate of drug-likeness (QED) is 0.375. The van der Waals surface area contributed by atoms with Crippen molar-refractivity contribution in [1.29, 1.82) is 0 Å². The van der Waals surface area contributed by atoms with Gasteiger partial charge >= 0.3 is 0 Å². The Bertz CT molecular complexity index is 1430. The lowest BCUT2D eigenvalue weighted by molar-refractivity contribution is -0.123. The Balaban J connectivity index is 0.00000370. The zero-order valence-corrected chi connectivity index (χ0v) is 24.0. The second kappa shape index (κ2) is 13.1. The standard InChI is InChI=1S/C26H29F3N4O4S2.ClH/c27-19-2-4-21(5-3-19)39(35,36)32-10-6-18(7-11-32)25(34)33(9-1-8-31-12-14-37-15-13-31)26-30-24-22(29)16-20(28)17-23(24)38-26;/h2-5,16-18H,1,6-15H2;1H. The molecule has 0 unspecified atom stereocenters. The van der Waals surface area contributed by atoms with Crippen LogP contribution < -0.4 is 4.90 Å². The number of carbonyl (C=O) groups is 1. The van der Waals surface area contributed by atoms with Crippen LogP contribution in [0.5, 0.6) is 0 Å². The van der Waals surface area contributed by atoms with Crippen molar-refractivity contribution in [3.63, 3.8) is 0 Å². The van der Waals surface area contributed by atoms with Gasteiger partial charge in [-0.1, -0.05) is 11.3 Å². The first-order valence-corrected chi connectivity index (χ1v) is 15.1. The third-order valence-electron chi connectivity index (χ3n) is 7.11. The fourth-order valence-corrected chi connectivity index (χ4v) is 7.46. The van der Waals surface area contributed by atoms with Crippen molar-refractivity contribution in [2.24, 2.45) is 5.92 Å². The summed E-state index contributed by atoms with van der Waals surface area (Å²) in [7, 11) is -3.81. The van der Waals surface area contributed by atoms with E-state index in [2.05, 4.69) is 9.88 Å². The van der Waals surface area contributed by atoms with Crippen LogP contribution in [0.25, 0.3) is 10.2 Å². The molecule has 218 valence electrons. The van der Waals surface area contributed by atoms with Gasteiger partial charge in [-0.25, -0.2) is 26.6 Å². The zero-order chi connectivity index (χ0) is 27.6. The van der Waals surface area contributed by atoms with Gasteiger partial charge in [0.15, 0.2) is 10.9 Å². The van der Waals surface area contributed by atoms with Gasteiger partial charge in [0.2, 0.25) is 15.9 Å². The molecule has 8 nitrogen and oxygen atoms in total. The van der Waals surface area contributed by atoms with Gasteiger partial charge in [-0.05, 0) is 49.6 Å². The highest BCUT2D eigenvalue weighted by Crippen LogP contribution is 2.34. The SMILES string of the molecule is Cl.O=C(C1CCN(S(=O)(=O)c2ccc(F)cc2)CC1)N(CCCN1CCOCC1)c1nc2c(F)cc(F)cc2s1. The fourth-order valence-electron chi connectivity index (χ4n) is 4.96. The van der Waals surface area contributed by atoms with Gasteiger partial charge < -0.3 is 4.74 Å². The highest BCUT2D eigenvalue weighted by Gasteiger charge is 2.35. The zero-order valence-electron chi connectivity index (χ0n) is 21.6. The smallest absolute Gasteiger partial charge is 0.243 e. The van der Waals surface area contributed by atoms with Gasteiger partial charge in [0.05, 0.1) is 22.8 Å². The molecule has 0 bridgehead atoms. The summed E-state index contributed by atoms with van der Waals surface area (Å²) in [6.07, 6.45) is 1.25. The van der Waals surface area contributed by atoms with Crippen LogP contribution in [0.3, 0.4) is 0 Å². The molecule has 2 fully saturated rings. The number of aromatic nitrogens is 1. The molecule has 0 aliphatic carbocycles. The van der Waals surface area contributed by atoms with Crippen molar-refractivity contribution in [3.05, 3.63) is 53.8 Å². The molecule has 1 aromatic heterocycles. The van der Waals surface area contributed by atoms with Gasteiger partial charge in [-0.2, -0.15) is 4.31 Å². The van der Waals surface area contributed by atoms with Crippen LogP contribution in [-0.4, -0.2) is 81.0 Å². The highest BCUT2D eigenvalue weighted by molar-refractivity contribution is 7.89. The van der Waals surface area contributed by atoms with E-state index in [1.165, 1.54) is 27.4 Å². The molecule has 0 atom stereocenters. The summed E-state index contributed by atoms with van der Waals surface area (Å²) in [5.41, 5.74) is 0.0163. The fraction of sp³-hybridized carbons (Fsp3) is 0.462. The van der Waals surface area contributed by atoms with Gasteiger partial charge in [-0.3, -0.25) is 14.6 Å². The number of amides is 1. The first kappa shape index (κ1) is 30.7. The molecule has 2 aliphatic rings. The number of piperidine rings is 1. The number of anilines is 1. The Morgan fingerprint density at radius 3 is 2.38 bits per heavy atom. The summed E-state index contributed by atoms with van der Waals surface area (Å²) in [5.74, 6) is -2.69. The van der Waals surface area contributed by atoms with Crippen molar-refractivity contribution in [3.8, 4) is 0 Å². The second-order valence-electron chi connectivity index (χ2n) is 9.66. The number of benzene rings is 2. The lowest BCUT2D eigenvalue weighted by Gasteiger charge is -2.33. The summed E-state index contributed by atoms with van der Waals surface area (Å²) in [5, 5.41) is 0.294. The molecule has 40 heavy (non-hydrogen) atoms. The van der Waals surface area contributed by atoms with E-state index in [9.17, 15) is 26.4 Å². The Morgan fingerprint density at radius 2 is 1.70 bits per heavy atom. The number of ether oxygens (including phenoxy) is 1. The van der Waals surface area contributed by atoms with Crippen LogP contribution in [0.4, 0.5) is 18.3 Å². The molecule has 14 heteroatoms. The summed E-state index contributed by atoms with van der Waals surface area (Å²) in [4.78, 5) is 21.9. The van der Waals surface area contributed by atoms with Crippen LogP contribution in [0.1, 0.15) is 19.3 Å². The summed E-state index contributed by atoms with van der Waals surface area (Å²) >= 11 is 1.06. The van der Waals surface area contributed by atoms with Gasteiger partial charge in [0, 0.05) is 51.3 Å². The molecule has 2 saturated heterocycles. The van der Waals surface area contributed by atoms with E-state index in [-0.39, 0.29) is 41.8 Å². The highest BCUT2D eigenvalue weighted by atomic mass is 35.5. The lowest BCUT2D eigenvalue weighted by atomic mass is 9.96. The number of carbonyl (C=O) groups excluding carboxylic acids is 1. The van der Waals surface area contributed by atoms with Crippen LogP contribution >= 0.6 is 23.7 Å². The van der Waals surface area contributed by atoms with E-state index < -0.39 is 33.4 Å². The minimum absolute atomic E-state index is 0. The maximum atomic E-state index is 14.4. The summed E-state index contributed by atoms with van der Waals surface area (Å²) < 4.78 is 74.5. The predicted octanol–water partition coefficient (Wildman–Crippen LogP) is 4.29. The second-order valence-corrected chi connectivity index (χ2v) is 12.6. The number of hydrogen-bond acceptors (Lipinski definition) is 7. The van der Waals surface area contributed by atoms with Crippen molar-refractivity contribution >= 4 is 55.0 Å². The number of fused-ring (bicyclic) bond motifs is 1. The van der Waals surface area contributed by atoms with Crippen molar-refractivity contribution in [2.75, 3.05) is 57.4 Å². The molecule has 3 aromatic rings. The molecule has 5 rings (SSSR count). The third-order valence-corrected chi connectivity index (χ3v) is 10.1. The molecule has 0 radical (unpaired) electrons. The number of morpholine rings is 1. The van der Waals surface area contributed by atoms with Crippen LogP contribution in [-0.2, 0) is 19.6 Å². The monoisotopic (exact) mass is 618 g/mol. The minimum Gasteiger partial charge on any atom is -0.379 e. The molecule has 0 spiro atoms. The first-order chi connectivity index (χ1) is 18.7. The van der Waals surface area contributed by atoms with E-state index in [1.54, 1.807) is 0 Å². The molecule has 0 saturated carbocycles. The molecular weight excluding hydrogens is 589 g/mol. The van der Waals surface area contributed by atoms with E-state index in [0.29, 0.717) is 48.9 Å². The maximum absolute atomic E-state index is 14.4. The predicted molar refractivity (Wildman–Crippen MR) is 149 cm³/mol. The van der Waals surface area contributed by atoms with Crippen LogP contribution in [0, 0.1) is 23.4 Å². The van der Waals surface area contributed by atoms with Crippen LogP contribution in [0.2, 0.25) is 0 Å². The number of thiazole rings is 1. The van der Waals surface area contributed by atoms with Gasteiger partial charge in [0.1, 0.15) is 17.2 Å². The third kappa shape index (κ3) is 6.77. The number of nitrogens with zero attached hydrogens (tertiary/aromatic N) is 4. The van der Waals surface area contributed by atoms with Crippen molar-refractivity contribution in [2.45, 2.75) is 24.2 Å².